The maximum Gasteiger partial charge on any atom is 0.0620 e. The Kier molecular flexibility index (Phi) is 4.42. The minimum Gasteiger partial charge on any atom is -0.379 e. The second-order valence-electron chi connectivity index (χ2n) is 6.02. The highest BCUT2D eigenvalue weighted by molar-refractivity contribution is 4.88. The number of morpholine rings is 1. The van der Waals surface area contributed by atoms with E-state index in [4.69, 9.17) is 4.74 Å². The van der Waals surface area contributed by atoms with Crippen LogP contribution >= 0.6 is 0 Å². The first-order chi connectivity index (χ1) is 8.08. The Balaban J connectivity index is 1.72. The second kappa shape index (κ2) is 5.65. The van der Waals surface area contributed by atoms with E-state index in [1.165, 1.54) is 32.6 Å². The molecule has 100 valence electrons. The normalized spacial score (nSPS) is 31.6. The Bertz CT molecular complexity index is 239. The molecule has 0 saturated carbocycles. The molecular formula is C13H27N3O. The summed E-state index contributed by atoms with van der Waals surface area (Å²) in [6.45, 7) is 12.2. The molecule has 2 fully saturated rings. The quantitative estimate of drug-likeness (QED) is 0.774. The van der Waals surface area contributed by atoms with Crippen molar-refractivity contribution >= 4 is 0 Å². The van der Waals surface area contributed by atoms with E-state index >= 15 is 0 Å². The maximum absolute atomic E-state index is 5.49. The number of nitrogens with one attached hydrogen (secondary N) is 1. The lowest BCUT2D eigenvalue weighted by Gasteiger charge is -2.45. The van der Waals surface area contributed by atoms with Crippen molar-refractivity contribution in [1.82, 2.24) is 15.1 Å². The van der Waals surface area contributed by atoms with E-state index in [0.29, 0.717) is 11.6 Å². The number of hydrogen-bond acceptors (Lipinski definition) is 4. The van der Waals surface area contributed by atoms with Crippen molar-refractivity contribution < 1.29 is 4.74 Å². The molecule has 0 radical (unpaired) electrons. The van der Waals surface area contributed by atoms with Gasteiger partial charge < -0.3 is 15.0 Å². The summed E-state index contributed by atoms with van der Waals surface area (Å²) in [5, 5.41) is 3.53. The van der Waals surface area contributed by atoms with Crippen LogP contribution in [0.25, 0.3) is 0 Å². The summed E-state index contributed by atoms with van der Waals surface area (Å²) in [4.78, 5) is 5.06. The Hall–Kier alpha value is -0.160. The van der Waals surface area contributed by atoms with Crippen molar-refractivity contribution in [1.29, 1.82) is 0 Å². The second-order valence-corrected chi connectivity index (χ2v) is 6.02. The van der Waals surface area contributed by atoms with Crippen LogP contribution in [0.15, 0.2) is 0 Å². The Labute approximate surface area is 105 Å². The van der Waals surface area contributed by atoms with Crippen LogP contribution < -0.4 is 5.32 Å². The summed E-state index contributed by atoms with van der Waals surface area (Å²) in [5.74, 6) is 0. The molecule has 1 unspecified atom stereocenters. The summed E-state index contributed by atoms with van der Waals surface area (Å²) in [6, 6.07) is 0.562. The van der Waals surface area contributed by atoms with Gasteiger partial charge in [-0.1, -0.05) is 0 Å². The van der Waals surface area contributed by atoms with Gasteiger partial charge >= 0.3 is 0 Å². The molecule has 4 nitrogen and oxygen atoms in total. The van der Waals surface area contributed by atoms with Crippen molar-refractivity contribution in [3.63, 3.8) is 0 Å². The Morgan fingerprint density at radius 3 is 2.82 bits per heavy atom. The third-order valence-corrected chi connectivity index (χ3v) is 4.19. The zero-order valence-electron chi connectivity index (χ0n) is 11.5. The molecule has 0 aromatic rings. The number of ether oxygens (including phenoxy) is 1. The van der Waals surface area contributed by atoms with E-state index in [0.717, 1.165) is 19.8 Å². The summed E-state index contributed by atoms with van der Waals surface area (Å²) in [6.07, 6.45) is 1.21. The van der Waals surface area contributed by atoms with E-state index in [1.807, 2.05) is 0 Å². The highest BCUT2D eigenvalue weighted by Gasteiger charge is 2.30. The minimum absolute atomic E-state index is 0.314. The first-order valence-electron chi connectivity index (χ1n) is 6.83. The number of hydrogen-bond donors (Lipinski definition) is 1. The largest absolute Gasteiger partial charge is 0.379 e. The van der Waals surface area contributed by atoms with E-state index in [2.05, 4.69) is 36.0 Å². The fraction of sp³-hybridized carbons (Fsp3) is 1.00. The van der Waals surface area contributed by atoms with Gasteiger partial charge in [-0.15, -0.1) is 0 Å². The minimum atomic E-state index is 0.314. The Morgan fingerprint density at radius 2 is 2.18 bits per heavy atom. The van der Waals surface area contributed by atoms with Crippen molar-refractivity contribution in [2.75, 3.05) is 53.0 Å². The fourth-order valence-electron chi connectivity index (χ4n) is 2.68. The van der Waals surface area contributed by atoms with Gasteiger partial charge in [0.1, 0.15) is 0 Å². The van der Waals surface area contributed by atoms with E-state index in [1.54, 1.807) is 0 Å². The van der Waals surface area contributed by atoms with Crippen LogP contribution in [0.4, 0.5) is 0 Å². The monoisotopic (exact) mass is 241 g/mol. The van der Waals surface area contributed by atoms with Gasteiger partial charge in [-0.05, 0) is 33.9 Å². The van der Waals surface area contributed by atoms with Gasteiger partial charge in [0, 0.05) is 37.8 Å². The lowest BCUT2D eigenvalue weighted by molar-refractivity contribution is 0.0301. The summed E-state index contributed by atoms with van der Waals surface area (Å²) < 4.78 is 5.49. The highest BCUT2D eigenvalue weighted by atomic mass is 16.5. The fourth-order valence-corrected chi connectivity index (χ4v) is 2.68. The van der Waals surface area contributed by atoms with E-state index in [-0.39, 0.29) is 0 Å². The smallest absolute Gasteiger partial charge is 0.0620 e. The van der Waals surface area contributed by atoms with Gasteiger partial charge in [-0.3, -0.25) is 4.90 Å². The molecular weight excluding hydrogens is 214 g/mol. The molecule has 0 spiro atoms. The predicted octanol–water partition coefficient (Wildman–Crippen LogP) is 0.391. The lowest BCUT2D eigenvalue weighted by Crippen LogP contribution is -2.58. The average Bonchev–Trinajstić information content (AvgIpc) is 2.32. The van der Waals surface area contributed by atoms with Crippen LogP contribution in [-0.2, 0) is 4.74 Å². The van der Waals surface area contributed by atoms with Gasteiger partial charge in [0.25, 0.3) is 0 Å². The summed E-state index contributed by atoms with van der Waals surface area (Å²) >= 11 is 0. The van der Waals surface area contributed by atoms with Crippen LogP contribution in [0.5, 0.6) is 0 Å². The molecule has 0 aliphatic carbocycles. The van der Waals surface area contributed by atoms with Gasteiger partial charge in [-0.2, -0.15) is 0 Å². The molecule has 2 rings (SSSR count). The first kappa shape index (κ1) is 13.3. The standard InChI is InChI=1S/C13H27N3O/c1-13(2)11-16(8-7-15(13)3)6-4-12-10-17-9-5-14-12/h12,14H,4-11H2,1-3H3. The molecule has 0 aromatic heterocycles. The summed E-state index contributed by atoms with van der Waals surface area (Å²) in [7, 11) is 2.23. The highest BCUT2D eigenvalue weighted by Crippen LogP contribution is 2.19. The molecule has 2 heterocycles. The van der Waals surface area contributed by atoms with Crippen LogP contribution in [0, 0.1) is 0 Å². The van der Waals surface area contributed by atoms with Gasteiger partial charge in [0.05, 0.1) is 13.2 Å². The molecule has 0 amide bonds. The van der Waals surface area contributed by atoms with E-state index in [9.17, 15) is 0 Å². The maximum atomic E-state index is 5.49. The van der Waals surface area contributed by atoms with Crippen LogP contribution in [0.2, 0.25) is 0 Å². The van der Waals surface area contributed by atoms with E-state index < -0.39 is 0 Å². The van der Waals surface area contributed by atoms with Crippen LogP contribution in [-0.4, -0.2) is 74.4 Å². The zero-order valence-corrected chi connectivity index (χ0v) is 11.5. The first-order valence-corrected chi connectivity index (χ1v) is 6.83. The summed E-state index contributed by atoms with van der Waals surface area (Å²) in [5.41, 5.74) is 0.314. The van der Waals surface area contributed by atoms with Crippen LogP contribution in [0.1, 0.15) is 20.3 Å². The molecule has 2 aliphatic heterocycles. The van der Waals surface area contributed by atoms with Crippen molar-refractivity contribution in [2.24, 2.45) is 0 Å². The molecule has 2 aliphatic rings. The number of nitrogens with zero attached hydrogens (tertiary/aromatic N) is 2. The van der Waals surface area contributed by atoms with Crippen LogP contribution in [0.3, 0.4) is 0 Å². The third-order valence-electron chi connectivity index (χ3n) is 4.19. The molecule has 1 atom stereocenters. The predicted molar refractivity (Wildman–Crippen MR) is 70.4 cm³/mol. The number of piperazine rings is 1. The zero-order chi connectivity index (χ0) is 12.3. The molecule has 1 N–H and O–H groups in total. The number of likely N-dealkylation sites (N-methyl/N-ethyl adjacent to an activating group) is 1. The molecule has 2 saturated heterocycles. The van der Waals surface area contributed by atoms with Crippen molar-refractivity contribution in [2.45, 2.75) is 31.8 Å². The molecule has 0 aromatic carbocycles. The molecule has 4 heteroatoms. The molecule has 17 heavy (non-hydrogen) atoms. The van der Waals surface area contributed by atoms with Gasteiger partial charge in [-0.25, -0.2) is 0 Å². The Morgan fingerprint density at radius 1 is 1.35 bits per heavy atom. The topological polar surface area (TPSA) is 27.7 Å². The van der Waals surface area contributed by atoms with Gasteiger partial charge in [0.15, 0.2) is 0 Å². The number of rotatable bonds is 3. The lowest BCUT2D eigenvalue weighted by atomic mass is 9.99. The van der Waals surface area contributed by atoms with Gasteiger partial charge in [0.2, 0.25) is 0 Å². The van der Waals surface area contributed by atoms with Crippen molar-refractivity contribution in [3.05, 3.63) is 0 Å². The average molecular weight is 241 g/mol. The van der Waals surface area contributed by atoms with Crippen molar-refractivity contribution in [3.8, 4) is 0 Å². The molecule has 0 bridgehead atoms. The SMILES string of the molecule is CN1CCN(CCC2COCCN2)CC1(C)C. The third kappa shape index (κ3) is 3.65.